The molecule has 3 nitrogen and oxygen atoms in total. The summed E-state index contributed by atoms with van der Waals surface area (Å²) in [6.07, 6.45) is 0.318. The van der Waals surface area contributed by atoms with E-state index in [0.717, 1.165) is 18.7 Å². The standard InChI is InChI=1S/C22H28Cl2N2O/c1-16(2)21(15-25(3)14-17-8-6-5-7-9-17)26(4)22(27)13-18-10-11-19(23)20(24)12-18/h5-12,16,21H,13-15H2,1-4H3/t21-/m1/s1. The average molecular weight is 407 g/mol. The highest BCUT2D eigenvalue weighted by atomic mass is 35.5. The Bertz CT molecular complexity index is 749. The lowest BCUT2D eigenvalue weighted by atomic mass is 10.0. The van der Waals surface area contributed by atoms with Crippen LogP contribution in [0.4, 0.5) is 0 Å². The Morgan fingerprint density at radius 2 is 1.63 bits per heavy atom. The third-order valence-corrected chi connectivity index (χ3v) is 5.53. The van der Waals surface area contributed by atoms with Crippen LogP contribution in [0.15, 0.2) is 48.5 Å². The van der Waals surface area contributed by atoms with Gasteiger partial charge in [0.2, 0.25) is 5.91 Å². The quantitative estimate of drug-likeness (QED) is 0.604. The van der Waals surface area contributed by atoms with Gasteiger partial charge >= 0.3 is 0 Å². The first-order valence-corrected chi connectivity index (χ1v) is 9.95. The van der Waals surface area contributed by atoms with E-state index in [1.807, 2.05) is 24.1 Å². The van der Waals surface area contributed by atoms with Gasteiger partial charge in [-0.1, -0.05) is 73.4 Å². The topological polar surface area (TPSA) is 23.6 Å². The van der Waals surface area contributed by atoms with Crippen molar-refractivity contribution in [1.82, 2.24) is 9.80 Å². The molecule has 0 radical (unpaired) electrons. The highest BCUT2D eigenvalue weighted by Crippen LogP contribution is 2.23. The SMILES string of the molecule is CC(C)[C@@H](CN(C)Cc1ccccc1)N(C)C(=O)Cc1ccc(Cl)c(Cl)c1. The Balaban J connectivity index is 2.01. The molecule has 2 aromatic carbocycles. The molecule has 0 unspecified atom stereocenters. The maximum Gasteiger partial charge on any atom is 0.227 e. The zero-order valence-corrected chi connectivity index (χ0v) is 18.0. The molecule has 0 saturated carbocycles. The number of carbonyl (C=O) groups excluding carboxylic acids is 1. The van der Waals surface area contributed by atoms with Crippen molar-refractivity contribution in [2.24, 2.45) is 5.92 Å². The van der Waals surface area contributed by atoms with Gasteiger partial charge in [0.05, 0.1) is 16.5 Å². The maximum atomic E-state index is 12.8. The normalized spacial score (nSPS) is 12.4. The van der Waals surface area contributed by atoms with Gasteiger partial charge in [0.1, 0.15) is 0 Å². The number of hydrogen-bond donors (Lipinski definition) is 0. The van der Waals surface area contributed by atoms with Gasteiger partial charge in [-0.25, -0.2) is 0 Å². The zero-order chi connectivity index (χ0) is 20.0. The van der Waals surface area contributed by atoms with Gasteiger partial charge in [-0.05, 0) is 36.2 Å². The molecule has 0 spiro atoms. The monoisotopic (exact) mass is 406 g/mol. The Morgan fingerprint density at radius 1 is 0.963 bits per heavy atom. The molecule has 0 fully saturated rings. The number of likely N-dealkylation sites (N-methyl/N-ethyl adjacent to an activating group) is 2. The van der Waals surface area contributed by atoms with Crippen LogP contribution in [0, 0.1) is 5.92 Å². The largest absolute Gasteiger partial charge is 0.341 e. The van der Waals surface area contributed by atoms with Crippen molar-refractivity contribution < 1.29 is 4.79 Å². The molecule has 2 aromatic rings. The third-order valence-electron chi connectivity index (χ3n) is 4.79. The zero-order valence-electron chi connectivity index (χ0n) is 16.5. The highest BCUT2D eigenvalue weighted by molar-refractivity contribution is 6.42. The summed E-state index contributed by atoms with van der Waals surface area (Å²) < 4.78 is 0. The van der Waals surface area contributed by atoms with E-state index in [0.29, 0.717) is 22.4 Å². The summed E-state index contributed by atoms with van der Waals surface area (Å²) in [5, 5.41) is 0.983. The summed E-state index contributed by atoms with van der Waals surface area (Å²) in [7, 11) is 3.99. The lowest BCUT2D eigenvalue weighted by Gasteiger charge is -2.34. The minimum atomic E-state index is 0.0835. The number of hydrogen-bond acceptors (Lipinski definition) is 2. The minimum absolute atomic E-state index is 0.0835. The van der Waals surface area contributed by atoms with E-state index in [4.69, 9.17) is 23.2 Å². The number of halogens is 2. The van der Waals surface area contributed by atoms with E-state index in [1.165, 1.54) is 5.56 Å². The summed E-state index contributed by atoms with van der Waals surface area (Å²) in [5.41, 5.74) is 2.15. The predicted molar refractivity (Wildman–Crippen MR) is 114 cm³/mol. The van der Waals surface area contributed by atoms with Gasteiger partial charge in [0.15, 0.2) is 0 Å². The fourth-order valence-corrected chi connectivity index (χ4v) is 3.51. The lowest BCUT2D eigenvalue weighted by Crippen LogP contribution is -2.47. The molecule has 5 heteroatoms. The average Bonchev–Trinajstić information content (AvgIpc) is 2.62. The number of rotatable bonds is 8. The third kappa shape index (κ3) is 6.53. The van der Waals surface area contributed by atoms with Crippen LogP contribution in [0.25, 0.3) is 0 Å². The molecule has 0 aliphatic rings. The first-order valence-electron chi connectivity index (χ1n) is 9.20. The van der Waals surface area contributed by atoms with Crippen LogP contribution in [-0.2, 0) is 17.8 Å². The molecule has 0 aliphatic carbocycles. The van der Waals surface area contributed by atoms with Crippen molar-refractivity contribution >= 4 is 29.1 Å². The van der Waals surface area contributed by atoms with Crippen LogP contribution in [0.3, 0.4) is 0 Å². The number of amides is 1. The first-order chi connectivity index (χ1) is 12.8. The molecule has 0 bridgehead atoms. The summed E-state index contributed by atoms with van der Waals surface area (Å²) in [4.78, 5) is 17.0. The van der Waals surface area contributed by atoms with Gasteiger partial charge in [-0.2, -0.15) is 0 Å². The molecule has 0 N–H and O–H groups in total. The molecular formula is C22H28Cl2N2O. The van der Waals surface area contributed by atoms with Crippen LogP contribution in [-0.4, -0.2) is 42.4 Å². The Morgan fingerprint density at radius 3 is 2.22 bits per heavy atom. The fraction of sp³-hybridized carbons (Fsp3) is 0.409. The smallest absolute Gasteiger partial charge is 0.227 e. The Kier molecular flexibility index (Phi) is 8.15. The minimum Gasteiger partial charge on any atom is -0.341 e. The van der Waals surface area contributed by atoms with Crippen molar-refractivity contribution in [2.75, 3.05) is 20.6 Å². The van der Waals surface area contributed by atoms with E-state index >= 15 is 0 Å². The number of nitrogens with zero attached hydrogens (tertiary/aromatic N) is 2. The van der Waals surface area contributed by atoms with Crippen LogP contribution < -0.4 is 0 Å². The van der Waals surface area contributed by atoms with Crippen molar-refractivity contribution in [3.63, 3.8) is 0 Å². The van der Waals surface area contributed by atoms with Gasteiger partial charge < -0.3 is 9.80 Å². The van der Waals surface area contributed by atoms with E-state index in [9.17, 15) is 4.79 Å². The molecule has 1 atom stereocenters. The molecule has 0 saturated heterocycles. The molecule has 27 heavy (non-hydrogen) atoms. The second kappa shape index (κ2) is 10.1. The number of benzene rings is 2. The van der Waals surface area contributed by atoms with E-state index in [1.54, 1.807) is 12.1 Å². The Labute approximate surface area is 172 Å². The highest BCUT2D eigenvalue weighted by Gasteiger charge is 2.24. The predicted octanol–water partition coefficient (Wildman–Crippen LogP) is 5.15. The van der Waals surface area contributed by atoms with Gasteiger partial charge in [0, 0.05) is 26.2 Å². The lowest BCUT2D eigenvalue weighted by molar-refractivity contribution is -0.132. The van der Waals surface area contributed by atoms with Gasteiger partial charge in [-0.3, -0.25) is 4.79 Å². The van der Waals surface area contributed by atoms with E-state index in [2.05, 4.69) is 50.1 Å². The summed E-state index contributed by atoms with van der Waals surface area (Å²) in [6, 6.07) is 15.9. The van der Waals surface area contributed by atoms with Crippen LogP contribution in [0.1, 0.15) is 25.0 Å². The second-order valence-corrected chi connectivity index (χ2v) is 8.24. The van der Waals surface area contributed by atoms with Gasteiger partial charge in [0.25, 0.3) is 0 Å². The summed E-state index contributed by atoms with van der Waals surface area (Å²) in [5.74, 6) is 0.436. The van der Waals surface area contributed by atoms with Crippen molar-refractivity contribution in [1.29, 1.82) is 0 Å². The first kappa shape index (κ1) is 21.7. The molecule has 0 aromatic heterocycles. The van der Waals surface area contributed by atoms with Crippen LogP contribution >= 0.6 is 23.2 Å². The van der Waals surface area contributed by atoms with E-state index in [-0.39, 0.29) is 11.9 Å². The molecule has 2 rings (SSSR count). The molecular weight excluding hydrogens is 379 g/mol. The molecule has 0 heterocycles. The van der Waals surface area contributed by atoms with Gasteiger partial charge in [-0.15, -0.1) is 0 Å². The number of carbonyl (C=O) groups is 1. The van der Waals surface area contributed by atoms with Crippen LogP contribution in [0.5, 0.6) is 0 Å². The molecule has 1 amide bonds. The van der Waals surface area contributed by atoms with Crippen LogP contribution in [0.2, 0.25) is 10.0 Å². The fourth-order valence-electron chi connectivity index (χ4n) is 3.19. The second-order valence-electron chi connectivity index (χ2n) is 7.42. The van der Waals surface area contributed by atoms with Crippen molar-refractivity contribution in [3.05, 3.63) is 69.7 Å². The van der Waals surface area contributed by atoms with Crippen molar-refractivity contribution in [3.8, 4) is 0 Å². The maximum absolute atomic E-state index is 12.8. The molecule has 146 valence electrons. The van der Waals surface area contributed by atoms with Crippen molar-refractivity contribution in [2.45, 2.75) is 32.9 Å². The molecule has 0 aliphatic heterocycles. The van der Waals surface area contributed by atoms with E-state index < -0.39 is 0 Å². The summed E-state index contributed by atoms with van der Waals surface area (Å²) >= 11 is 12.0. The Hall–Kier alpha value is -1.55. The summed E-state index contributed by atoms with van der Waals surface area (Å²) in [6.45, 7) is 5.99.